The van der Waals surface area contributed by atoms with Crippen molar-refractivity contribution in [1.82, 2.24) is 14.9 Å². The molecule has 0 radical (unpaired) electrons. The summed E-state index contributed by atoms with van der Waals surface area (Å²) in [5.74, 6) is 0.888. The van der Waals surface area contributed by atoms with Gasteiger partial charge in [0.2, 0.25) is 0 Å². The van der Waals surface area contributed by atoms with Crippen molar-refractivity contribution in [1.29, 1.82) is 0 Å². The Bertz CT molecular complexity index is 602. The maximum atomic E-state index is 12.5. The fourth-order valence-corrected chi connectivity index (χ4v) is 2.75. The molecule has 0 aliphatic heterocycles. The van der Waals surface area contributed by atoms with Gasteiger partial charge in [0.1, 0.15) is 16.5 Å². The molecule has 2 heterocycles. The van der Waals surface area contributed by atoms with Crippen molar-refractivity contribution in [2.45, 2.75) is 12.7 Å². The molecule has 9 heteroatoms. The Balaban J connectivity index is 2.23. The summed E-state index contributed by atoms with van der Waals surface area (Å²) in [6, 6.07) is 1.86. The normalized spacial score (nSPS) is 12.3. The van der Waals surface area contributed by atoms with E-state index in [0.29, 0.717) is 11.6 Å². The quantitative estimate of drug-likeness (QED) is 0.853. The highest BCUT2D eigenvalue weighted by Crippen LogP contribution is 2.25. The van der Waals surface area contributed by atoms with Crippen LogP contribution in [0.15, 0.2) is 11.4 Å². The van der Waals surface area contributed by atoms with Crippen LogP contribution in [0.2, 0.25) is 0 Å². The van der Waals surface area contributed by atoms with E-state index < -0.39 is 12.7 Å². The fraction of sp³-hybridized carbons (Fsp3) is 0.500. The molecule has 0 bridgehead atoms. The van der Waals surface area contributed by atoms with Crippen LogP contribution in [0.5, 0.6) is 0 Å². The van der Waals surface area contributed by atoms with E-state index in [4.69, 9.17) is 5.11 Å². The second-order valence-electron chi connectivity index (χ2n) is 4.43. The van der Waals surface area contributed by atoms with E-state index >= 15 is 0 Å². The first-order chi connectivity index (χ1) is 9.93. The number of aliphatic hydroxyl groups excluding tert-OH is 1. The second kappa shape index (κ2) is 6.54. The van der Waals surface area contributed by atoms with Crippen molar-refractivity contribution in [2.75, 3.05) is 32.1 Å². The molecule has 116 valence electrons. The lowest BCUT2D eigenvalue weighted by molar-refractivity contribution is -0.148. The molecular formula is C12H15F3N4OS. The summed E-state index contributed by atoms with van der Waals surface area (Å²) >= 11 is 1.40. The highest BCUT2D eigenvalue weighted by molar-refractivity contribution is 7.16. The number of hydrogen-bond donors (Lipinski definition) is 2. The number of aliphatic hydroxyl groups is 1. The lowest BCUT2D eigenvalue weighted by Crippen LogP contribution is -2.36. The molecule has 0 atom stereocenters. The number of thiophene rings is 1. The van der Waals surface area contributed by atoms with E-state index in [1.807, 2.05) is 11.4 Å². The zero-order chi connectivity index (χ0) is 15.5. The van der Waals surface area contributed by atoms with Gasteiger partial charge in [0, 0.05) is 13.6 Å². The number of rotatable bonds is 6. The highest BCUT2D eigenvalue weighted by Gasteiger charge is 2.30. The lowest BCUT2D eigenvalue weighted by atomic mass is 10.3. The molecule has 0 aliphatic rings. The first-order valence-corrected chi connectivity index (χ1v) is 7.12. The van der Waals surface area contributed by atoms with E-state index in [9.17, 15) is 13.2 Å². The topological polar surface area (TPSA) is 61.3 Å². The Morgan fingerprint density at radius 2 is 2.14 bits per heavy atom. The molecule has 2 aromatic heterocycles. The maximum Gasteiger partial charge on any atom is 0.401 e. The largest absolute Gasteiger partial charge is 0.401 e. The SMILES string of the molecule is CNc1nc(CN(CCO)CC(F)(F)F)nc2sccc12. The smallest absolute Gasteiger partial charge is 0.395 e. The zero-order valence-electron chi connectivity index (χ0n) is 11.3. The van der Waals surface area contributed by atoms with Crippen LogP contribution < -0.4 is 5.32 Å². The van der Waals surface area contributed by atoms with Crippen molar-refractivity contribution in [3.63, 3.8) is 0 Å². The summed E-state index contributed by atoms with van der Waals surface area (Å²) in [4.78, 5) is 10.3. The van der Waals surface area contributed by atoms with Crippen molar-refractivity contribution < 1.29 is 18.3 Å². The molecule has 2 N–H and O–H groups in total. The molecule has 0 amide bonds. The highest BCUT2D eigenvalue weighted by atomic mass is 32.1. The summed E-state index contributed by atoms with van der Waals surface area (Å²) in [5, 5.41) is 14.5. The molecule has 0 saturated carbocycles. The summed E-state index contributed by atoms with van der Waals surface area (Å²) in [6.07, 6.45) is -4.33. The van der Waals surface area contributed by atoms with Gasteiger partial charge in [0.15, 0.2) is 0 Å². The third kappa shape index (κ3) is 4.26. The van der Waals surface area contributed by atoms with E-state index in [1.54, 1.807) is 7.05 Å². The molecule has 0 saturated heterocycles. The number of alkyl halides is 3. The van der Waals surface area contributed by atoms with E-state index in [1.165, 1.54) is 11.3 Å². The molecular weight excluding hydrogens is 305 g/mol. The predicted octanol–water partition coefficient (Wildman–Crippen LogP) is 2.09. The Hall–Kier alpha value is -1.45. The van der Waals surface area contributed by atoms with Crippen LogP contribution >= 0.6 is 11.3 Å². The molecule has 0 spiro atoms. The summed E-state index contributed by atoms with van der Waals surface area (Å²) in [7, 11) is 1.70. The van der Waals surface area contributed by atoms with Gasteiger partial charge in [-0.25, -0.2) is 9.97 Å². The van der Waals surface area contributed by atoms with Crippen molar-refractivity contribution in [2.24, 2.45) is 0 Å². The third-order valence-electron chi connectivity index (χ3n) is 2.79. The van der Waals surface area contributed by atoms with Crippen LogP contribution in [0.25, 0.3) is 10.2 Å². The van der Waals surface area contributed by atoms with Crippen LogP contribution in [-0.2, 0) is 6.54 Å². The third-order valence-corrected chi connectivity index (χ3v) is 3.60. The Kier molecular flexibility index (Phi) is 4.96. The average molecular weight is 320 g/mol. The molecule has 0 fully saturated rings. The van der Waals surface area contributed by atoms with Crippen LogP contribution in [0.1, 0.15) is 5.82 Å². The summed E-state index contributed by atoms with van der Waals surface area (Å²) in [5.41, 5.74) is 0. The Labute approximate surface area is 123 Å². The molecule has 2 rings (SSSR count). The minimum Gasteiger partial charge on any atom is -0.395 e. The minimum atomic E-state index is -4.33. The van der Waals surface area contributed by atoms with Gasteiger partial charge in [-0.2, -0.15) is 13.2 Å². The number of halogens is 3. The number of aromatic nitrogens is 2. The van der Waals surface area contributed by atoms with Crippen molar-refractivity contribution in [3.8, 4) is 0 Å². The standard InChI is InChI=1S/C12H15F3N4OS/c1-16-10-8-2-5-21-11(8)18-9(17-10)6-19(3-4-20)7-12(13,14)15/h2,5,20H,3-4,6-7H2,1H3,(H,16,17,18). The second-order valence-corrected chi connectivity index (χ2v) is 5.32. The minimum absolute atomic E-state index is 0.0669. The van der Waals surface area contributed by atoms with Gasteiger partial charge >= 0.3 is 6.18 Å². The van der Waals surface area contributed by atoms with Gasteiger partial charge in [0.05, 0.1) is 25.1 Å². The summed E-state index contributed by atoms with van der Waals surface area (Å²) < 4.78 is 37.5. The van der Waals surface area contributed by atoms with Gasteiger partial charge in [-0.05, 0) is 11.4 Å². The average Bonchev–Trinajstić information content (AvgIpc) is 2.84. The van der Waals surface area contributed by atoms with Gasteiger partial charge in [-0.3, -0.25) is 4.90 Å². The van der Waals surface area contributed by atoms with Crippen molar-refractivity contribution >= 4 is 27.4 Å². The molecule has 2 aromatic rings. The van der Waals surface area contributed by atoms with Crippen LogP contribution in [0.3, 0.4) is 0 Å². The van der Waals surface area contributed by atoms with Gasteiger partial charge in [0.25, 0.3) is 0 Å². The monoisotopic (exact) mass is 320 g/mol. The number of anilines is 1. The molecule has 0 unspecified atom stereocenters. The molecule has 21 heavy (non-hydrogen) atoms. The van der Waals surface area contributed by atoms with E-state index in [0.717, 1.165) is 15.1 Å². The molecule has 0 aliphatic carbocycles. The van der Waals surface area contributed by atoms with Gasteiger partial charge < -0.3 is 10.4 Å². The fourth-order valence-electron chi connectivity index (χ4n) is 1.97. The number of fused-ring (bicyclic) bond motifs is 1. The van der Waals surface area contributed by atoms with E-state index in [2.05, 4.69) is 15.3 Å². The molecule has 0 aromatic carbocycles. The Morgan fingerprint density at radius 1 is 1.38 bits per heavy atom. The summed E-state index contributed by atoms with van der Waals surface area (Å²) in [6.45, 7) is -1.60. The van der Waals surface area contributed by atoms with Crippen LogP contribution in [0.4, 0.5) is 19.0 Å². The lowest BCUT2D eigenvalue weighted by Gasteiger charge is -2.22. The number of nitrogens with one attached hydrogen (secondary N) is 1. The molecule has 5 nitrogen and oxygen atoms in total. The van der Waals surface area contributed by atoms with Crippen molar-refractivity contribution in [3.05, 3.63) is 17.3 Å². The van der Waals surface area contributed by atoms with Gasteiger partial charge in [-0.1, -0.05) is 0 Å². The van der Waals surface area contributed by atoms with Crippen LogP contribution in [-0.4, -0.2) is 52.9 Å². The van der Waals surface area contributed by atoms with Crippen LogP contribution in [0, 0.1) is 0 Å². The van der Waals surface area contributed by atoms with E-state index in [-0.39, 0.29) is 19.7 Å². The first kappa shape index (κ1) is 15.9. The number of hydrogen-bond acceptors (Lipinski definition) is 6. The Morgan fingerprint density at radius 3 is 2.76 bits per heavy atom. The number of nitrogens with zero attached hydrogens (tertiary/aromatic N) is 3. The zero-order valence-corrected chi connectivity index (χ0v) is 12.1. The maximum absolute atomic E-state index is 12.5. The first-order valence-electron chi connectivity index (χ1n) is 6.25. The van der Waals surface area contributed by atoms with Gasteiger partial charge in [-0.15, -0.1) is 11.3 Å². The predicted molar refractivity (Wildman–Crippen MR) is 75.4 cm³/mol.